The molecule has 2 aromatic carbocycles. The Bertz CT molecular complexity index is 1180. The normalized spacial score (nSPS) is 13.2. The number of carbonyl (C=O) groups is 3. The number of alkyl carbamates (subject to hydrolysis) is 1. The number of aromatic hydroxyl groups is 2. The summed E-state index contributed by atoms with van der Waals surface area (Å²) < 4.78 is 5.46. The zero-order valence-electron chi connectivity index (χ0n) is 25.7. The van der Waals surface area contributed by atoms with Gasteiger partial charge in [-0.05, 0) is 78.1 Å². The van der Waals surface area contributed by atoms with Gasteiger partial charge < -0.3 is 30.5 Å². The highest BCUT2D eigenvalue weighted by molar-refractivity contribution is 5.93. The predicted molar refractivity (Wildman–Crippen MR) is 160 cm³/mol. The van der Waals surface area contributed by atoms with Gasteiger partial charge in [-0.15, -0.1) is 0 Å². The van der Waals surface area contributed by atoms with Gasteiger partial charge in [0.2, 0.25) is 11.8 Å². The number of phenols is 2. The van der Waals surface area contributed by atoms with Gasteiger partial charge in [0.25, 0.3) is 0 Å². The van der Waals surface area contributed by atoms with Crippen LogP contribution in [0.4, 0.5) is 4.79 Å². The Morgan fingerprint density at radius 1 is 0.951 bits per heavy atom. The zero-order chi connectivity index (χ0) is 31.0. The number of aryl methyl sites for hydroxylation is 1. The lowest BCUT2D eigenvalue weighted by atomic mass is 9.92. The van der Waals surface area contributed by atoms with Crippen LogP contribution in [0.15, 0.2) is 42.5 Å². The number of ether oxygens (including phenoxy) is 1. The van der Waals surface area contributed by atoms with Gasteiger partial charge in [0, 0.05) is 24.1 Å². The number of benzene rings is 2. The Labute approximate surface area is 244 Å². The number of rotatable bonds is 11. The highest BCUT2D eigenvalue weighted by Crippen LogP contribution is 2.36. The Hall–Kier alpha value is -3.75. The van der Waals surface area contributed by atoms with Gasteiger partial charge in [0.1, 0.15) is 29.2 Å². The second-order valence-electron chi connectivity index (χ2n) is 12.4. The summed E-state index contributed by atoms with van der Waals surface area (Å²) in [5.74, 6) is -0.946. The largest absolute Gasteiger partial charge is 0.508 e. The maximum atomic E-state index is 14.5. The number of amides is 3. The summed E-state index contributed by atoms with van der Waals surface area (Å²) >= 11 is 0. The van der Waals surface area contributed by atoms with Crippen molar-refractivity contribution in [3.05, 3.63) is 59.2 Å². The molecule has 9 heteroatoms. The molecule has 0 radical (unpaired) electrons. The highest BCUT2D eigenvalue weighted by Gasteiger charge is 2.43. The minimum absolute atomic E-state index is 0.0709. The molecule has 2 atom stereocenters. The van der Waals surface area contributed by atoms with E-state index in [0.717, 1.165) is 19.3 Å². The molecule has 0 bridgehead atoms. The third-order valence-electron chi connectivity index (χ3n) is 6.48. The minimum atomic E-state index is -1.17. The van der Waals surface area contributed by atoms with E-state index in [2.05, 4.69) is 17.6 Å². The van der Waals surface area contributed by atoms with Crippen LogP contribution < -0.4 is 10.6 Å². The van der Waals surface area contributed by atoms with Gasteiger partial charge in [0.15, 0.2) is 0 Å². The summed E-state index contributed by atoms with van der Waals surface area (Å²) in [7, 11) is 0. The van der Waals surface area contributed by atoms with Crippen molar-refractivity contribution < 1.29 is 29.3 Å². The molecule has 0 saturated heterocycles. The van der Waals surface area contributed by atoms with Crippen molar-refractivity contribution in [2.45, 2.75) is 104 Å². The zero-order valence-corrected chi connectivity index (χ0v) is 25.7. The topological polar surface area (TPSA) is 128 Å². The molecular weight excluding hydrogens is 522 g/mol. The first-order valence-corrected chi connectivity index (χ1v) is 14.2. The molecule has 2 aromatic rings. The number of nitrogens with zero attached hydrogens (tertiary/aromatic N) is 1. The molecule has 0 heterocycles. The van der Waals surface area contributed by atoms with Gasteiger partial charge in [-0.2, -0.15) is 0 Å². The molecular formula is C32H47N3O6. The molecule has 2 rings (SSSR count). The van der Waals surface area contributed by atoms with Gasteiger partial charge in [-0.3, -0.25) is 9.59 Å². The molecule has 0 spiro atoms. The van der Waals surface area contributed by atoms with Crippen LogP contribution in [0.25, 0.3) is 0 Å². The fourth-order valence-corrected chi connectivity index (χ4v) is 4.51. The van der Waals surface area contributed by atoms with Crippen molar-refractivity contribution in [1.82, 2.24) is 15.5 Å². The highest BCUT2D eigenvalue weighted by atomic mass is 16.6. The van der Waals surface area contributed by atoms with Crippen molar-refractivity contribution in [3.63, 3.8) is 0 Å². The van der Waals surface area contributed by atoms with E-state index in [1.807, 2.05) is 0 Å². The Morgan fingerprint density at radius 3 is 2.15 bits per heavy atom. The second kappa shape index (κ2) is 14.2. The molecule has 226 valence electrons. The third kappa shape index (κ3) is 9.99. The third-order valence-corrected chi connectivity index (χ3v) is 6.48. The molecule has 2 unspecified atom stereocenters. The predicted octanol–water partition coefficient (Wildman–Crippen LogP) is 5.52. The monoisotopic (exact) mass is 569 g/mol. The van der Waals surface area contributed by atoms with Crippen molar-refractivity contribution in [3.8, 4) is 11.5 Å². The van der Waals surface area contributed by atoms with Crippen LogP contribution in [-0.2, 0) is 20.7 Å². The lowest BCUT2D eigenvalue weighted by molar-refractivity contribution is -0.148. The number of hydrogen-bond acceptors (Lipinski definition) is 6. The molecule has 41 heavy (non-hydrogen) atoms. The number of phenolic OH excluding ortho intramolecular Hbond substituents is 2. The Kier molecular flexibility index (Phi) is 11.6. The summed E-state index contributed by atoms with van der Waals surface area (Å²) in [6.07, 6.45) is 2.01. The van der Waals surface area contributed by atoms with E-state index in [4.69, 9.17) is 4.74 Å². The van der Waals surface area contributed by atoms with E-state index in [-0.39, 0.29) is 17.9 Å². The van der Waals surface area contributed by atoms with E-state index in [0.29, 0.717) is 23.2 Å². The lowest BCUT2D eigenvalue weighted by Crippen LogP contribution is -2.59. The second-order valence-corrected chi connectivity index (χ2v) is 12.4. The molecule has 0 aliphatic carbocycles. The quantitative estimate of drug-likeness (QED) is 0.264. The number of unbranched alkanes of at least 4 members (excludes halogenated alkanes) is 2. The maximum Gasteiger partial charge on any atom is 0.408 e. The molecule has 4 N–H and O–H groups in total. The molecule has 0 saturated carbocycles. The molecule has 9 nitrogen and oxygen atoms in total. The standard InChI is InChI=1S/C32H47N3O6/c1-9-10-11-19-33-28(38)26(24-14-12-13-21(2)27(24)37)35(31(3,4)5)29(39)25(34-30(40)41-32(6,7)8)20-22-15-17-23(36)18-16-22/h12-18,25-26,36-37H,9-11,19-20H2,1-8H3,(H,33,38)(H,34,40). The van der Waals surface area contributed by atoms with E-state index in [9.17, 15) is 24.6 Å². The van der Waals surface area contributed by atoms with E-state index >= 15 is 0 Å². The summed E-state index contributed by atoms with van der Waals surface area (Å²) in [6, 6.07) is 9.15. The van der Waals surface area contributed by atoms with E-state index in [1.54, 1.807) is 78.8 Å². The SMILES string of the molecule is CCCCCNC(=O)C(c1cccc(C)c1O)N(C(=O)C(Cc1ccc(O)cc1)NC(=O)OC(C)(C)C)C(C)(C)C. The van der Waals surface area contributed by atoms with Gasteiger partial charge in [0.05, 0.1) is 0 Å². The molecule has 0 aliphatic rings. The van der Waals surface area contributed by atoms with Gasteiger partial charge in [-0.25, -0.2) is 4.79 Å². The first-order chi connectivity index (χ1) is 19.0. The van der Waals surface area contributed by atoms with Crippen LogP contribution >= 0.6 is 0 Å². The number of carbonyl (C=O) groups excluding carboxylic acids is 3. The minimum Gasteiger partial charge on any atom is -0.508 e. The first-order valence-electron chi connectivity index (χ1n) is 14.2. The average Bonchev–Trinajstić information content (AvgIpc) is 2.85. The summed E-state index contributed by atoms with van der Waals surface area (Å²) in [4.78, 5) is 42.7. The summed E-state index contributed by atoms with van der Waals surface area (Å²) in [5, 5.41) is 26.5. The number of para-hydroxylation sites is 1. The van der Waals surface area contributed by atoms with Crippen LogP contribution in [0.1, 0.15) is 90.5 Å². The van der Waals surface area contributed by atoms with E-state index in [1.165, 1.54) is 17.0 Å². The van der Waals surface area contributed by atoms with Crippen molar-refractivity contribution >= 4 is 17.9 Å². The molecule has 0 aliphatic heterocycles. The van der Waals surface area contributed by atoms with Crippen LogP contribution in [-0.4, -0.2) is 56.7 Å². The van der Waals surface area contributed by atoms with Gasteiger partial charge >= 0.3 is 6.09 Å². The molecule has 3 amide bonds. The van der Waals surface area contributed by atoms with Crippen molar-refractivity contribution in [2.75, 3.05) is 6.54 Å². The van der Waals surface area contributed by atoms with Crippen LogP contribution in [0, 0.1) is 6.92 Å². The van der Waals surface area contributed by atoms with E-state index < -0.39 is 41.1 Å². The first kappa shape index (κ1) is 33.5. The molecule has 0 aromatic heterocycles. The summed E-state index contributed by atoms with van der Waals surface area (Å²) in [5.41, 5.74) is -0.150. The Balaban J connectivity index is 2.62. The van der Waals surface area contributed by atoms with Gasteiger partial charge in [-0.1, -0.05) is 50.1 Å². The fraction of sp³-hybridized carbons (Fsp3) is 0.531. The maximum absolute atomic E-state index is 14.5. The van der Waals surface area contributed by atoms with Crippen LogP contribution in [0.3, 0.4) is 0 Å². The number of nitrogens with one attached hydrogen (secondary N) is 2. The summed E-state index contributed by atoms with van der Waals surface area (Å²) in [6.45, 7) is 14.8. The smallest absolute Gasteiger partial charge is 0.408 e. The number of hydrogen-bond donors (Lipinski definition) is 4. The van der Waals surface area contributed by atoms with Crippen molar-refractivity contribution in [2.24, 2.45) is 0 Å². The van der Waals surface area contributed by atoms with Crippen LogP contribution in [0.2, 0.25) is 0 Å². The van der Waals surface area contributed by atoms with Crippen molar-refractivity contribution in [1.29, 1.82) is 0 Å². The lowest BCUT2D eigenvalue weighted by Gasteiger charge is -2.43. The Morgan fingerprint density at radius 2 is 1.59 bits per heavy atom. The van der Waals surface area contributed by atoms with Crippen LogP contribution in [0.5, 0.6) is 11.5 Å². The fourth-order valence-electron chi connectivity index (χ4n) is 4.51. The average molecular weight is 570 g/mol. The molecule has 0 fully saturated rings.